The number of hydrazine groups is 1. The minimum Gasteiger partial charge on any atom is -0.482 e. The molecule has 6 rings (SSSR count). The summed E-state index contributed by atoms with van der Waals surface area (Å²) in [5.41, 5.74) is 17.7. The number of nitrogens with zero attached hydrogens (tertiary/aromatic N) is 6. The van der Waals surface area contributed by atoms with E-state index in [0.717, 1.165) is 59.7 Å². The van der Waals surface area contributed by atoms with Crippen LogP contribution in [0.1, 0.15) is 47.9 Å². The van der Waals surface area contributed by atoms with Gasteiger partial charge in [0, 0.05) is 54.5 Å². The number of ether oxygens (including phenoxy) is 1. The maximum absolute atomic E-state index is 13.5. The number of pyridine rings is 2. The smallest absolute Gasteiger partial charge is 0.268 e. The Morgan fingerprint density at radius 1 is 1.13 bits per heavy atom. The lowest BCUT2D eigenvalue weighted by Gasteiger charge is -2.38. The van der Waals surface area contributed by atoms with E-state index >= 15 is 0 Å². The van der Waals surface area contributed by atoms with Gasteiger partial charge in [-0.15, -0.1) is 0 Å². The lowest BCUT2D eigenvalue weighted by molar-refractivity contribution is -0.114. The topological polar surface area (TPSA) is 137 Å². The second-order valence-electron chi connectivity index (χ2n) is 11.9. The number of fused-ring (bicyclic) bond motifs is 2. The number of allylic oxidation sites excluding steroid dienone is 2. The molecule has 1 saturated heterocycles. The number of aromatic nitrogens is 4. The van der Waals surface area contributed by atoms with Crippen molar-refractivity contribution in [3.8, 4) is 17.3 Å². The average molecular weight is 625 g/mol. The van der Waals surface area contributed by atoms with Gasteiger partial charge < -0.3 is 20.8 Å². The van der Waals surface area contributed by atoms with Crippen molar-refractivity contribution in [3.63, 3.8) is 0 Å². The highest BCUT2D eigenvalue weighted by atomic mass is 16.5. The van der Waals surface area contributed by atoms with Crippen LogP contribution >= 0.6 is 0 Å². The molecule has 1 atom stereocenters. The van der Waals surface area contributed by atoms with E-state index in [1.807, 2.05) is 22.5 Å². The number of methoxy groups -OCH3 is 1. The Hall–Kier alpha value is -4.74. The first-order valence-corrected chi connectivity index (χ1v) is 15.7. The van der Waals surface area contributed by atoms with E-state index in [1.165, 1.54) is 31.1 Å². The molecule has 1 unspecified atom stereocenters. The summed E-state index contributed by atoms with van der Waals surface area (Å²) in [5.74, 6) is 0.687. The minimum absolute atomic E-state index is 0.0266. The van der Waals surface area contributed by atoms with Gasteiger partial charge in [0.2, 0.25) is 5.91 Å². The molecular formula is C35H44N8O3. The Balaban J connectivity index is 0.000000407. The number of rotatable bonds is 9. The Kier molecular flexibility index (Phi) is 9.74. The predicted octanol–water partition coefficient (Wildman–Crippen LogP) is 4.43. The van der Waals surface area contributed by atoms with Crippen LogP contribution in [-0.2, 0) is 17.8 Å². The first-order chi connectivity index (χ1) is 22.1. The fourth-order valence-corrected chi connectivity index (χ4v) is 5.79. The fraction of sp³-hybridized carbons (Fsp3) is 0.371. The molecule has 0 aromatic carbocycles. The summed E-state index contributed by atoms with van der Waals surface area (Å²) in [6.45, 7) is 13.2. The van der Waals surface area contributed by atoms with Crippen molar-refractivity contribution in [2.24, 2.45) is 17.4 Å². The zero-order valence-corrected chi connectivity index (χ0v) is 27.2. The number of hydrogen-bond donors (Lipinski definition) is 2. The van der Waals surface area contributed by atoms with Crippen LogP contribution in [0, 0.1) is 12.8 Å². The summed E-state index contributed by atoms with van der Waals surface area (Å²) in [6.07, 6.45) is 8.67. The van der Waals surface area contributed by atoms with E-state index in [4.69, 9.17) is 26.2 Å². The molecule has 46 heavy (non-hydrogen) atoms. The summed E-state index contributed by atoms with van der Waals surface area (Å²) >= 11 is 0. The van der Waals surface area contributed by atoms with Gasteiger partial charge in [-0.2, -0.15) is 0 Å². The summed E-state index contributed by atoms with van der Waals surface area (Å²) in [6, 6.07) is 10.1. The minimum atomic E-state index is -0.482. The number of nitrogens with two attached hydrogens (primary N) is 2. The van der Waals surface area contributed by atoms with E-state index in [0.29, 0.717) is 35.1 Å². The van der Waals surface area contributed by atoms with Gasteiger partial charge >= 0.3 is 0 Å². The summed E-state index contributed by atoms with van der Waals surface area (Å²) in [5, 5.41) is 4.79. The molecule has 0 radical (unpaired) electrons. The van der Waals surface area contributed by atoms with E-state index < -0.39 is 5.91 Å². The fourth-order valence-electron chi connectivity index (χ4n) is 5.79. The van der Waals surface area contributed by atoms with E-state index in [-0.39, 0.29) is 11.9 Å². The average Bonchev–Trinajstić information content (AvgIpc) is 3.73. The highest BCUT2D eigenvalue weighted by molar-refractivity contribution is 5.96. The third kappa shape index (κ3) is 6.61. The molecule has 11 heteroatoms. The van der Waals surface area contributed by atoms with Crippen molar-refractivity contribution in [1.29, 1.82) is 0 Å². The molecule has 1 aliphatic carbocycles. The van der Waals surface area contributed by atoms with E-state index in [1.54, 1.807) is 18.2 Å². The maximum Gasteiger partial charge on any atom is 0.268 e. The lowest BCUT2D eigenvalue weighted by atomic mass is 10.1. The number of imidazole rings is 1. The van der Waals surface area contributed by atoms with Crippen LogP contribution in [0.5, 0.6) is 5.88 Å². The van der Waals surface area contributed by atoms with Gasteiger partial charge in [0.25, 0.3) is 5.91 Å². The molecule has 11 nitrogen and oxygen atoms in total. The number of carbonyl (C=O) groups is 2. The maximum atomic E-state index is 13.5. The first kappa shape index (κ1) is 32.6. The Morgan fingerprint density at radius 3 is 2.50 bits per heavy atom. The molecule has 2 fully saturated rings. The normalized spacial score (nSPS) is 17.1. The van der Waals surface area contributed by atoms with Crippen LogP contribution in [0.15, 0.2) is 67.3 Å². The number of hydrogen-bond acceptors (Lipinski definition) is 7. The molecule has 2 aliphatic rings. The molecule has 2 amide bonds. The zero-order chi connectivity index (χ0) is 33.1. The van der Waals surface area contributed by atoms with Crippen molar-refractivity contribution >= 4 is 28.5 Å². The molecule has 5 heterocycles. The Morgan fingerprint density at radius 2 is 1.89 bits per heavy atom. The summed E-state index contributed by atoms with van der Waals surface area (Å²) in [4.78, 5) is 33.9. The third-order valence-corrected chi connectivity index (χ3v) is 8.60. The Labute approximate surface area is 269 Å². The van der Waals surface area contributed by atoms with Crippen LogP contribution in [0.25, 0.3) is 28.1 Å². The Bertz CT molecular complexity index is 1830. The van der Waals surface area contributed by atoms with Gasteiger partial charge in [-0.1, -0.05) is 38.3 Å². The predicted molar refractivity (Wildman–Crippen MR) is 181 cm³/mol. The number of carbonyl (C=O) groups excluding carboxylic acids is 2. The van der Waals surface area contributed by atoms with Crippen molar-refractivity contribution < 1.29 is 14.3 Å². The number of primary amides is 1. The molecule has 242 valence electrons. The molecule has 4 N–H and O–H groups in total. The monoisotopic (exact) mass is 624 g/mol. The van der Waals surface area contributed by atoms with Gasteiger partial charge in [0.15, 0.2) is 5.88 Å². The van der Waals surface area contributed by atoms with Crippen molar-refractivity contribution in [1.82, 2.24) is 29.0 Å². The van der Waals surface area contributed by atoms with Gasteiger partial charge in [-0.05, 0) is 62.8 Å². The van der Waals surface area contributed by atoms with Gasteiger partial charge in [0.05, 0.1) is 25.0 Å². The molecule has 0 spiro atoms. The summed E-state index contributed by atoms with van der Waals surface area (Å²) < 4.78 is 10.1. The molecule has 4 aromatic rings. The van der Waals surface area contributed by atoms with Gasteiger partial charge in [0.1, 0.15) is 17.0 Å². The van der Waals surface area contributed by atoms with Gasteiger partial charge in [-0.3, -0.25) is 19.0 Å². The molecule has 4 aromatic heterocycles. The summed E-state index contributed by atoms with van der Waals surface area (Å²) in [7, 11) is 3.55. The van der Waals surface area contributed by atoms with Crippen LogP contribution in [0.3, 0.4) is 0 Å². The van der Waals surface area contributed by atoms with Crippen LogP contribution in [0.2, 0.25) is 0 Å². The highest BCUT2D eigenvalue weighted by Gasteiger charge is 2.29. The van der Waals surface area contributed by atoms with Crippen LogP contribution in [0.4, 0.5) is 0 Å². The van der Waals surface area contributed by atoms with E-state index in [9.17, 15) is 9.59 Å². The quantitative estimate of drug-likeness (QED) is 0.208. The zero-order valence-electron chi connectivity index (χ0n) is 27.2. The first-order valence-electron chi connectivity index (χ1n) is 15.7. The van der Waals surface area contributed by atoms with Crippen molar-refractivity contribution in [2.45, 2.75) is 52.1 Å². The largest absolute Gasteiger partial charge is 0.482 e. The van der Waals surface area contributed by atoms with E-state index in [2.05, 4.69) is 49.8 Å². The van der Waals surface area contributed by atoms with Crippen molar-refractivity contribution in [2.75, 3.05) is 27.2 Å². The lowest BCUT2D eigenvalue weighted by Crippen LogP contribution is -2.55. The molecular weight excluding hydrogens is 580 g/mol. The SMILES string of the molecule is C=C/C=C(\C=C)C(N)=O.CCc1ccc2cc(-c3nc4cc(C(=O)N5CC(N)CCN5C)cc(OC)n4c3C)n(CC3CC3)c2n1. The number of amides is 2. The second kappa shape index (κ2) is 13.7. The third-order valence-electron chi connectivity index (χ3n) is 8.60. The number of aryl methyl sites for hydroxylation is 2. The molecule has 1 aliphatic heterocycles. The van der Waals surface area contributed by atoms with Gasteiger partial charge in [-0.25, -0.2) is 15.0 Å². The standard InChI is InChI=1S/C28H35N7O2.C7H9NO/c1-5-22-9-8-19-12-23(33(27(19)30-22)15-18-6-7-18)26-17(2)35-24(31-26)13-20(14-25(35)37-4)28(36)34-16-21(29)10-11-32(34)3;1-3-5-6(4-2)7(8)9/h8-9,12-14,18,21H,5-7,10-11,15-16,29H2,1-4H3;3-5H,1-2H2,(H2,8,9)/b;6-5+. The van der Waals surface area contributed by atoms with Crippen molar-refractivity contribution in [3.05, 3.63) is 84.2 Å². The second-order valence-corrected chi connectivity index (χ2v) is 11.9. The molecule has 1 saturated carbocycles. The molecule has 0 bridgehead atoms. The highest BCUT2D eigenvalue weighted by Crippen LogP contribution is 2.37. The van der Waals surface area contributed by atoms with Crippen LogP contribution in [-0.4, -0.2) is 74.1 Å². The van der Waals surface area contributed by atoms with Crippen LogP contribution < -0.4 is 16.2 Å².